The molecule has 1 rings (SSSR count). The van der Waals surface area contributed by atoms with Crippen molar-refractivity contribution in [2.45, 2.75) is 6.43 Å². The summed E-state index contributed by atoms with van der Waals surface area (Å²) >= 11 is 1.66. The van der Waals surface area contributed by atoms with Crippen LogP contribution < -0.4 is 10.5 Å². The fourth-order valence-corrected chi connectivity index (χ4v) is 1.87. The van der Waals surface area contributed by atoms with Crippen LogP contribution >= 0.6 is 22.6 Å². The number of ether oxygens (including phenoxy) is 1. The van der Waals surface area contributed by atoms with Crippen LogP contribution in [0, 0.1) is 3.57 Å². The molecule has 1 aromatic rings. The SMILES string of the molecule is COc1cnc(C(N)=O)c(C(F)F)c1I. The molecule has 0 bridgehead atoms. The molecule has 0 unspecified atom stereocenters. The highest BCUT2D eigenvalue weighted by atomic mass is 127. The van der Waals surface area contributed by atoms with Gasteiger partial charge in [0.05, 0.1) is 22.4 Å². The quantitative estimate of drug-likeness (QED) is 0.860. The predicted octanol–water partition coefficient (Wildman–Crippen LogP) is 1.73. The number of carbonyl (C=O) groups is 1. The molecule has 0 saturated heterocycles. The highest BCUT2D eigenvalue weighted by Gasteiger charge is 2.24. The van der Waals surface area contributed by atoms with Gasteiger partial charge in [-0.25, -0.2) is 13.8 Å². The zero-order valence-corrected chi connectivity index (χ0v) is 9.79. The summed E-state index contributed by atoms with van der Waals surface area (Å²) in [6.45, 7) is 0. The Morgan fingerprint density at radius 3 is 2.67 bits per heavy atom. The van der Waals surface area contributed by atoms with E-state index in [1.165, 1.54) is 13.3 Å². The number of rotatable bonds is 3. The molecular formula is C8H7F2IN2O2. The van der Waals surface area contributed by atoms with Crippen molar-refractivity contribution in [2.75, 3.05) is 7.11 Å². The molecule has 1 heterocycles. The van der Waals surface area contributed by atoms with Crippen LogP contribution in [0.1, 0.15) is 22.5 Å². The van der Waals surface area contributed by atoms with E-state index in [1.54, 1.807) is 22.6 Å². The van der Waals surface area contributed by atoms with E-state index in [0.717, 1.165) is 0 Å². The number of halogens is 3. The largest absolute Gasteiger partial charge is 0.494 e. The van der Waals surface area contributed by atoms with Gasteiger partial charge in [0, 0.05) is 0 Å². The highest BCUT2D eigenvalue weighted by Crippen LogP contribution is 2.32. The third-order valence-corrected chi connectivity index (χ3v) is 2.80. The molecule has 82 valence electrons. The number of pyridine rings is 1. The number of amides is 1. The number of hydrogen-bond acceptors (Lipinski definition) is 3. The summed E-state index contributed by atoms with van der Waals surface area (Å²) in [6.07, 6.45) is -1.63. The average Bonchev–Trinajstić information content (AvgIpc) is 2.16. The molecule has 0 aromatic carbocycles. The number of alkyl halides is 2. The van der Waals surface area contributed by atoms with Crippen molar-refractivity contribution in [2.24, 2.45) is 5.73 Å². The Kier molecular flexibility index (Phi) is 3.77. The minimum atomic E-state index is -2.82. The van der Waals surface area contributed by atoms with Crippen molar-refractivity contribution in [1.82, 2.24) is 4.98 Å². The van der Waals surface area contributed by atoms with E-state index < -0.39 is 23.6 Å². The monoisotopic (exact) mass is 328 g/mol. The molecule has 0 fully saturated rings. The van der Waals surface area contributed by atoms with Crippen molar-refractivity contribution < 1.29 is 18.3 Å². The molecule has 0 radical (unpaired) electrons. The van der Waals surface area contributed by atoms with Crippen LogP contribution in [0.25, 0.3) is 0 Å². The minimum Gasteiger partial charge on any atom is -0.494 e. The zero-order chi connectivity index (χ0) is 11.6. The van der Waals surface area contributed by atoms with Crippen LogP contribution in [0.3, 0.4) is 0 Å². The maximum absolute atomic E-state index is 12.7. The Morgan fingerprint density at radius 1 is 1.67 bits per heavy atom. The lowest BCUT2D eigenvalue weighted by molar-refractivity contribution is 0.0979. The van der Waals surface area contributed by atoms with Crippen LogP contribution in [0.15, 0.2) is 6.20 Å². The number of aromatic nitrogens is 1. The molecule has 15 heavy (non-hydrogen) atoms. The van der Waals surface area contributed by atoms with Gasteiger partial charge < -0.3 is 10.5 Å². The number of nitrogens with two attached hydrogens (primary N) is 1. The Hall–Kier alpha value is -0.990. The Balaban J connectivity index is 3.44. The first-order valence-electron chi connectivity index (χ1n) is 3.79. The molecule has 7 heteroatoms. The normalized spacial score (nSPS) is 10.5. The fraction of sp³-hybridized carbons (Fsp3) is 0.250. The Bertz CT molecular complexity index is 398. The molecule has 1 aromatic heterocycles. The molecule has 0 atom stereocenters. The third kappa shape index (κ3) is 2.33. The van der Waals surface area contributed by atoms with Gasteiger partial charge in [-0.15, -0.1) is 0 Å². The molecular weight excluding hydrogens is 321 g/mol. The molecule has 0 spiro atoms. The fourth-order valence-electron chi connectivity index (χ4n) is 1.02. The topological polar surface area (TPSA) is 65.2 Å². The summed E-state index contributed by atoms with van der Waals surface area (Å²) in [5, 5.41) is 0. The first-order valence-corrected chi connectivity index (χ1v) is 4.87. The smallest absolute Gasteiger partial charge is 0.267 e. The van der Waals surface area contributed by atoms with Gasteiger partial charge in [-0.2, -0.15) is 0 Å². The minimum absolute atomic E-state index is 0.147. The second kappa shape index (κ2) is 4.69. The first-order chi connectivity index (χ1) is 6.99. The van der Waals surface area contributed by atoms with Gasteiger partial charge in [-0.05, 0) is 22.6 Å². The zero-order valence-electron chi connectivity index (χ0n) is 7.63. The Labute approximate surface area is 98.0 Å². The van der Waals surface area contributed by atoms with Gasteiger partial charge >= 0.3 is 0 Å². The van der Waals surface area contributed by atoms with Gasteiger partial charge in [0.25, 0.3) is 12.3 Å². The van der Waals surface area contributed by atoms with Crippen LogP contribution in [-0.2, 0) is 0 Å². The van der Waals surface area contributed by atoms with Crippen LogP contribution in [0.4, 0.5) is 8.78 Å². The Morgan fingerprint density at radius 2 is 2.27 bits per heavy atom. The lowest BCUT2D eigenvalue weighted by Gasteiger charge is -2.10. The summed E-state index contributed by atoms with van der Waals surface area (Å²) in [4.78, 5) is 14.4. The van der Waals surface area contributed by atoms with Crippen molar-refractivity contribution in [3.8, 4) is 5.75 Å². The second-order valence-corrected chi connectivity index (χ2v) is 3.65. The number of primary amides is 1. The van der Waals surface area contributed by atoms with Crippen molar-refractivity contribution in [1.29, 1.82) is 0 Å². The molecule has 0 saturated carbocycles. The molecule has 0 aliphatic rings. The van der Waals surface area contributed by atoms with E-state index in [0.29, 0.717) is 0 Å². The van der Waals surface area contributed by atoms with Crippen molar-refractivity contribution >= 4 is 28.5 Å². The van der Waals surface area contributed by atoms with E-state index >= 15 is 0 Å². The molecule has 2 N–H and O–H groups in total. The van der Waals surface area contributed by atoms with Gasteiger partial charge in [0.15, 0.2) is 5.75 Å². The standard InChI is InChI=1S/C8H7F2IN2O2/c1-15-3-2-13-6(8(12)14)4(5(3)11)7(9)10/h2,7H,1H3,(H2,12,14). The van der Waals surface area contributed by atoms with E-state index in [1.807, 2.05) is 0 Å². The number of hydrogen-bond donors (Lipinski definition) is 1. The number of carbonyl (C=O) groups excluding carboxylic acids is 1. The predicted molar refractivity (Wildman–Crippen MR) is 57.0 cm³/mol. The third-order valence-electron chi connectivity index (χ3n) is 1.69. The van der Waals surface area contributed by atoms with Gasteiger partial charge in [-0.3, -0.25) is 4.79 Å². The highest BCUT2D eigenvalue weighted by molar-refractivity contribution is 14.1. The van der Waals surface area contributed by atoms with Crippen LogP contribution in [-0.4, -0.2) is 18.0 Å². The van der Waals surface area contributed by atoms with Crippen molar-refractivity contribution in [3.05, 3.63) is 21.0 Å². The van der Waals surface area contributed by atoms with Gasteiger partial charge in [0.1, 0.15) is 5.69 Å². The number of nitrogens with zero attached hydrogens (tertiary/aromatic N) is 1. The lowest BCUT2D eigenvalue weighted by Crippen LogP contribution is -2.17. The van der Waals surface area contributed by atoms with Crippen molar-refractivity contribution in [3.63, 3.8) is 0 Å². The van der Waals surface area contributed by atoms with E-state index in [-0.39, 0.29) is 9.32 Å². The van der Waals surface area contributed by atoms with Crippen LogP contribution in [0.2, 0.25) is 0 Å². The summed E-state index contributed by atoms with van der Waals surface area (Å²) in [5.41, 5.74) is 4.03. The number of methoxy groups -OCH3 is 1. The first kappa shape index (κ1) is 12.1. The van der Waals surface area contributed by atoms with E-state index in [9.17, 15) is 13.6 Å². The van der Waals surface area contributed by atoms with Crippen LogP contribution in [0.5, 0.6) is 5.75 Å². The van der Waals surface area contributed by atoms with Gasteiger partial charge in [-0.1, -0.05) is 0 Å². The van der Waals surface area contributed by atoms with Gasteiger partial charge in [0.2, 0.25) is 0 Å². The second-order valence-electron chi connectivity index (χ2n) is 2.57. The van der Waals surface area contributed by atoms with E-state index in [2.05, 4.69) is 4.98 Å². The summed E-state index contributed by atoms with van der Waals surface area (Å²) in [5.74, 6) is -0.790. The molecule has 4 nitrogen and oxygen atoms in total. The molecule has 0 aliphatic heterocycles. The molecule has 0 aliphatic carbocycles. The summed E-state index contributed by atoms with van der Waals surface area (Å²) in [6, 6.07) is 0. The average molecular weight is 328 g/mol. The van der Waals surface area contributed by atoms with E-state index in [4.69, 9.17) is 10.5 Å². The maximum Gasteiger partial charge on any atom is 0.267 e. The summed E-state index contributed by atoms with van der Waals surface area (Å²) < 4.78 is 30.3. The lowest BCUT2D eigenvalue weighted by atomic mass is 10.2. The summed E-state index contributed by atoms with van der Waals surface area (Å²) in [7, 11) is 1.33. The maximum atomic E-state index is 12.7. The molecule has 1 amide bonds.